The van der Waals surface area contributed by atoms with Crippen molar-refractivity contribution in [3.8, 4) is 0 Å². The van der Waals surface area contributed by atoms with Gasteiger partial charge in [-0.1, -0.05) is 12.1 Å². The second kappa shape index (κ2) is 6.85. The van der Waals surface area contributed by atoms with Crippen molar-refractivity contribution in [2.24, 2.45) is 0 Å². The number of anilines is 1. The highest BCUT2D eigenvalue weighted by atomic mass is 79.9. The molecule has 0 aliphatic carbocycles. The van der Waals surface area contributed by atoms with E-state index in [1.54, 1.807) is 6.07 Å². The summed E-state index contributed by atoms with van der Waals surface area (Å²) in [4.78, 5) is 12.3. The van der Waals surface area contributed by atoms with E-state index in [9.17, 15) is 13.6 Å². The van der Waals surface area contributed by atoms with E-state index in [0.29, 0.717) is 10.6 Å². The minimum atomic E-state index is -0.916. The molecule has 0 heterocycles. The molecule has 20 heavy (non-hydrogen) atoms. The van der Waals surface area contributed by atoms with E-state index in [1.807, 2.05) is 18.2 Å². The molecule has 104 valence electrons. The Morgan fingerprint density at radius 3 is 2.60 bits per heavy atom. The van der Waals surface area contributed by atoms with Gasteiger partial charge in [0.2, 0.25) is 5.91 Å². The highest BCUT2D eigenvalue weighted by Crippen LogP contribution is 2.23. The number of para-hydroxylation sites is 1. The van der Waals surface area contributed by atoms with Crippen LogP contribution < -0.4 is 5.32 Å². The van der Waals surface area contributed by atoms with Crippen LogP contribution in [0.15, 0.2) is 51.8 Å². The smallest absolute Gasteiger partial charge is 0.234 e. The van der Waals surface area contributed by atoms with Crippen LogP contribution in [0.3, 0.4) is 0 Å². The number of benzene rings is 2. The molecule has 0 spiro atoms. The molecule has 6 heteroatoms. The number of amides is 1. The van der Waals surface area contributed by atoms with Gasteiger partial charge in [-0.3, -0.25) is 4.79 Å². The fourth-order valence-corrected chi connectivity index (χ4v) is 2.57. The summed E-state index contributed by atoms with van der Waals surface area (Å²) in [6.07, 6.45) is 0. The summed E-state index contributed by atoms with van der Waals surface area (Å²) in [5.74, 6) is -1.91. The molecular formula is C14H10BrF2NOS. The van der Waals surface area contributed by atoms with Crippen molar-refractivity contribution in [2.45, 2.75) is 4.90 Å². The van der Waals surface area contributed by atoms with Gasteiger partial charge in [-0.15, -0.1) is 11.8 Å². The average Bonchev–Trinajstić information content (AvgIpc) is 2.43. The fourth-order valence-electron chi connectivity index (χ4n) is 1.46. The first-order chi connectivity index (χ1) is 9.56. The van der Waals surface area contributed by atoms with Crippen molar-refractivity contribution in [3.05, 3.63) is 58.6 Å². The van der Waals surface area contributed by atoms with Gasteiger partial charge in [-0.2, -0.15) is 0 Å². The molecule has 1 amide bonds. The summed E-state index contributed by atoms with van der Waals surface area (Å²) >= 11 is 4.47. The summed E-state index contributed by atoms with van der Waals surface area (Å²) in [6, 6.07) is 10.8. The topological polar surface area (TPSA) is 29.1 Å². The summed E-state index contributed by atoms with van der Waals surface area (Å²) in [5.41, 5.74) is 0.670. The molecule has 0 bridgehead atoms. The van der Waals surface area contributed by atoms with Crippen LogP contribution in [0, 0.1) is 11.6 Å². The number of halogens is 3. The predicted octanol–water partition coefficient (Wildman–Crippen LogP) is 4.46. The zero-order valence-electron chi connectivity index (χ0n) is 10.2. The first-order valence-electron chi connectivity index (χ1n) is 5.68. The van der Waals surface area contributed by atoms with Gasteiger partial charge in [0.1, 0.15) is 0 Å². The Balaban J connectivity index is 1.92. The normalized spacial score (nSPS) is 10.3. The second-order valence-electron chi connectivity index (χ2n) is 3.89. The molecule has 0 atom stereocenters. The Kier molecular flexibility index (Phi) is 5.14. The lowest BCUT2D eigenvalue weighted by Gasteiger charge is -2.07. The molecule has 2 rings (SSSR count). The molecule has 0 saturated carbocycles. The first kappa shape index (κ1) is 15.0. The molecule has 0 fully saturated rings. The van der Waals surface area contributed by atoms with Gasteiger partial charge >= 0.3 is 0 Å². The van der Waals surface area contributed by atoms with Gasteiger partial charge in [0.15, 0.2) is 11.6 Å². The Labute approximate surface area is 127 Å². The molecule has 0 radical (unpaired) electrons. The van der Waals surface area contributed by atoms with Crippen LogP contribution in [-0.2, 0) is 4.79 Å². The SMILES string of the molecule is O=C(CSc1ccc(F)c(F)c1)Nc1ccccc1Br. The summed E-state index contributed by atoms with van der Waals surface area (Å²) in [5, 5.41) is 2.73. The molecule has 0 aliphatic heterocycles. The molecule has 2 nitrogen and oxygen atoms in total. The van der Waals surface area contributed by atoms with Crippen LogP contribution in [-0.4, -0.2) is 11.7 Å². The Morgan fingerprint density at radius 1 is 1.15 bits per heavy atom. The standard InChI is InChI=1S/C14H10BrF2NOS/c15-10-3-1-2-4-13(10)18-14(19)8-20-9-5-6-11(16)12(17)7-9/h1-7H,8H2,(H,18,19). The van der Waals surface area contributed by atoms with Crippen molar-refractivity contribution in [2.75, 3.05) is 11.1 Å². The van der Waals surface area contributed by atoms with Gasteiger partial charge < -0.3 is 5.32 Å². The van der Waals surface area contributed by atoms with Crippen molar-refractivity contribution >= 4 is 39.3 Å². The van der Waals surface area contributed by atoms with Gasteiger partial charge in [-0.05, 0) is 46.3 Å². The minimum absolute atomic E-state index is 0.117. The lowest BCUT2D eigenvalue weighted by atomic mass is 10.3. The highest BCUT2D eigenvalue weighted by molar-refractivity contribution is 9.10. The highest BCUT2D eigenvalue weighted by Gasteiger charge is 2.08. The van der Waals surface area contributed by atoms with Crippen molar-refractivity contribution in [1.29, 1.82) is 0 Å². The third kappa shape index (κ3) is 4.05. The maximum atomic E-state index is 13.0. The average molecular weight is 358 g/mol. The third-order valence-corrected chi connectivity index (χ3v) is 4.09. The van der Waals surface area contributed by atoms with Crippen molar-refractivity contribution in [3.63, 3.8) is 0 Å². The molecule has 0 saturated heterocycles. The van der Waals surface area contributed by atoms with E-state index in [-0.39, 0.29) is 11.7 Å². The van der Waals surface area contributed by atoms with Gasteiger partial charge in [0.05, 0.1) is 11.4 Å². The van der Waals surface area contributed by atoms with E-state index in [0.717, 1.165) is 28.4 Å². The monoisotopic (exact) mass is 357 g/mol. The third-order valence-electron chi connectivity index (χ3n) is 2.41. The number of thioether (sulfide) groups is 1. The molecule has 0 aromatic heterocycles. The molecule has 0 unspecified atom stereocenters. The van der Waals surface area contributed by atoms with E-state index in [4.69, 9.17) is 0 Å². The van der Waals surface area contributed by atoms with E-state index in [1.165, 1.54) is 6.07 Å². The van der Waals surface area contributed by atoms with Gasteiger partial charge in [0, 0.05) is 9.37 Å². The quantitative estimate of drug-likeness (QED) is 0.818. The Hall–Kier alpha value is -1.40. The number of hydrogen-bond donors (Lipinski definition) is 1. The zero-order chi connectivity index (χ0) is 14.5. The first-order valence-corrected chi connectivity index (χ1v) is 7.46. The number of nitrogens with one attached hydrogen (secondary N) is 1. The van der Waals surface area contributed by atoms with Gasteiger partial charge in [0.25, 0.3) is 0 Å². The van der Waals surface area contributed by atoms with Crippen LogP contribution in [0.4, 0.5) is 14.5 Å². The largest absolute Gasteiger partial charge is 0.324 e. The number of carbonyl (C=O) groups is 1. The number of carbonyl (C=O) groups excluding carboxylic acids is 1. The van der Waals surface area contributed by atoms with Crippen molar-refractivity contribution in [1.82, 2.24) is 0 Å². The molecule has 1 N–H and O–H groups in total. The molecular weight excluding hydrogens is 348 g/mol. The van der Waals surface area contributed by atoms with Gasteiger partial charge in [-0.25, -0.2) is 8.78 Å². The Bertz CT molecular complexity index is 636. The lowest BCUT2D eigenvalue weighted by molar-refractivity contribution is -0.113. The summed E-state index contributed by atoms with van der Waals surface area (Å²) in [6.45, 7) is 0. The zero-order valence-corrected chi connectivity index (χ0v) is 12.6. The minimum Gasteiger partial charge on any atom is -0.324 e. The van der Waals surface area contributed by atoms with Crippen molar-refractivity contribution < 1.29 is 13.6 Å². The number of hydrogen-bond acceptors (Lipinski definition) is 2. The molecule has 2 aromatic rings. The lowest BCUT2D eigenvalue weighted by Crippen LogP contribution is -2.14. The molecule has 2 aromatic carbocycles. The summed E-state index contributed by atoms with van der Waals surface area (Å²) < 4.78 is 26.6. The van der Waals surface area contributed by atoms with E-state index >= 15 is 0 Å². The van der Waals surface area contributed by atoms with Crippen LogP contribution >= 0.6 is 27.7 Å². The second-order valence-corrected chi connectivity index (χ2v) is 5.80. The van der Waals surface area contributed by atoms with Crippen LogP contribution in [0.5, 0.6) is 0 Å². The predicted molar refractivity (Wildman–Crippen MR) is 79.9 cm³/mol. The summed E-state index contributed by atoms with van der Waals surface area (Å²) in [7, 11) is 0. The van der Waals surface area contributed by atoms with Crippen LogP contribution in [0.1, 0.15) is 0 Å². The maximum Gasteiger partial charge on any atom is 0.234 e. The van der Waals surface area contributed by atoms with E-state index < -0.39 is 11.6 Å². The van der Waals surface area contributed by atoms with Crippen LogP contribution in [0.25, 0.3) is 0 Å². The maximum absolute atomic E-state index is 13.0. The fraction of sp³-hybridized carbons (Fsp3) is 0.0714. The Morgan fingerprint density at radius 2 is 1.90 bits per heavy atom. The van der Waals surface area contributed by atoms with Crippen LogP contribution in [0.2, 0.25) is 0 Å². The molecule has 0 aliphatic rings. The van der Waals surface area contributed by atoms with E-state index in [2.05, 4.69) is 21.2 Å². The number of rotatable bonds is 4.